The topological polar surface area (TPSA) is 103 Å². The number of hydrogen-bond acceptors (Lipinski definition) is 6. The molecule has 2 fully saturated rings. The van der Waals surface area contributed by atoms with Crippen molar-refractivity contribution in [2.75, 3.05) is 6.54 Å². The highest BCUT2D eigenvalue weighted by Crippen LogP contribution is 2.50. The molecular formula is C24H25F6N3O4S. The van der Waals surface area contributed by atoms with E-state index in [9.17, 15) is 46.1 Å². The molecule has 7 nitrogen and oxygen atoms in total. The van der Waals surface area contributed by atoms with Crippen LogP contribution in [0.3, 0.4) is 0 Å². The number of rotatable bonds is 5. The molecule has 1 atom stereocenters. The highest BCUT2D eigenvalue weighted by molar-refractivity contribution is 7.17. The molecule has 2 heterocycles. The van der Waals surface area contributed by atoms with Crippen LogP contribution in [0.5, 0.6) is 0 Å². The van der Waals surface area contributed by atoms with Crippen molar-refractivity contribution in [1.82, 2.24) is 15.2 Å². The SMILES string of the molecule is Cc1cc(C(O)(C(F)(F)F)C(F)(F)F)ccc1-c1sc(C(=O)NC2CC(O)C2)nc1C(=O)N1CCC[C@@H]1C. The predicted molar refractivity (Wildman–Crippen MR) is 125 cm³/mol. The van der Waals surface area contributed by atoms with Crippen molar-refractivity contribution in [2.45, 2.75) is 75.7 Å². The van der Waals surface area contributed by atoms with Crippen molar-refractivity contribution in [3.05, 3.63) is 40.0 Å². The first-order valence-corrected chi connectivity index (χ1v) is 12.6. The summed E-state index contributed by atoms with van der Waals surface area (Å²) in [5, 5.41) is 21.8. The van der Waals surface area contributed by atoms with E-state index < -0.39 is 41.4 Å². The first-order valence-electron chi connectivity index (χ1n) is 11.8. The number of alkyl halides is 6. The van der Waals surface area contributed by atoms with Crippen molar-refractivity contribution in [3.63, 3.8) is 0 Å². The van der Waals surface area contributed by atoms with Crippen LogP contribution in [-0.2, 0) is 5.60 Å². The number of likely N-dealkylation sites (tertiary alicyclic amines) is 1. The van der Waals surface area contributed by atoms with Crippen LogP contribution >= 0.6 is 11.3 Å². The summed E-state index contributed by atoms with van der Waals surface area (Å²) in [5.74, 6) is -1.12. The average molecular weight is 566 g/mol. The average Bonchev–Trinajstić information content (AvgIpc) is 3.42. The van der Waals surface area contributed by atoms with Gasteiger partial charge in [0.2, 0.25) is 0 Å². The van der Waals surface area contributed by atoms with Crippen molar-refractivity contribution in [3.8, 4) is 10.4 Å². The Morgan fingerprint density at radius 3 is 2.26 bits per heavy atom. The van der Waals surface area contributed by atoms with Crippen LogP contribution < -0.4 is 5.32 Å². The zero-order valence-electron chi connectivity index (χ0n) is 20.3. The second-order valence-corrected chi connectivity index (χ2v) is 10.7. The largest absolute Gasteiger partial charge is 0.430 e. The van der Waals surface area contributed by atoms with E-state index in [1.165, 1.54) is 6.92 Å². The molecule has 0 unspecified atom stereocenters. The van der Waals surface area contributed by atoms with Gasteiger partial charge in [0.05, 0.1) is 11.0 Å². The molecule has 1 aromatic carbocycles. The molecule has 2 aromatic rings. The van der Waals surface area contributed by atoms with Gasteiger partial charge in [-0.3, -0.25) is 9.59 Å². The molecule has 14 heteroatoms. The molecule has 3 N–H and O–H groups in total. The third kappa shape index (κ3) is 4.89. The van der Waals surface area contributed by atoms with Crippen molar-refractivity contribution >= 4 is 23.2 Å². The van der Waals surface area contributed by atoms with E-state index in [0.29, 0.717) is 31.5 Å². The minimum absolute atomic E-state index is 0.0873. The van der Waals surface area contributed by atoms with Gasteiger partial charge in [0.15, 0.2) is 5.01 Å². The van der Waals surface area contributed by atoms with Crippen molar-refractivity contribution in [2.24, 2.45) is 0 Å². The number of aliphatic hydroxyl groups is 2. The van der Waals surface area contributed by atoms with E-state index in [1.54, 1.807) is 4.90 Å². The molecule has 4 rings (SSSR count). The van der Waals surface area contributed by atoms with Gasteiger partial charge in [-0.1, -0.05) is 18.2 Å². The fourth-order valence-corrected chi connectivity index (χ4v) is 5.75. The minimum atomic E-state index is -6.04. The van der Waals surface area contributed by atoms with E-state index in [0.717, 1.165) is 30.2 Å². The first kappa shape index (κ1) is 28.3. The van der Waals surface area contributed by atoms with Crippen LogP contribution in [0.2, 0.25) is 0 Å². The number of aromatic nitrogens is 1. The Bertz CT molecular complexity index is 1220. The Kier molecular flexibility index (Phi) is 7.29. The van der Waals surface area contributed by atoms with E-state index in [-0.39, 0.29) is 38.8 Å². The van der Waals surface area contributed by atoms with Gasteiger partial charge < -0.3 is 20.4 Å². The maximum absolute atomic E-state index is 13.4. The molecule has 38 heavy (non-hydrogen) atoms. The number of aryl methyl sites for hydroxylation is 1. The predicted octanol–water partition coefficient (Wildman–Crippen LogP) is 4.31. The number of thiazole rings is 1. The lowest BCUT2D eigenvalue weighted by molar-refractivity contribution is -0.376. The quantitative estimate of drug-likeness (QED) is 0.469. The Morgan fingerprint density at radius 1 is 1.13 bits per heavy atom. The van der Waals surface area contributed by atoms with Crippen LogP contribution in [0, 0.1) is 6.92 Å². The molecule has 2 aliphatic rings. The first-order chi connectivity index (χ1) is 17.5. The van der Waals surface area contributed by atoms with E-state index >= 15 is 0 Å². The normalized spacial score (nSPS) is 22.4. The number of benzene rings is 1. The van der Waals surface area contributed by atoms with Crippen LogP contribution in [-0.4, -0.2) is 69.0 Å². The van der Waals surface area contributed by atoms with Crippen molar-refractivity contribution < 1.29 is 46.1 Å². The summed E-state index contributed by atoms with van der Waals surface area (Å²) in [5.41, 5.74) is -6.65. The molecule has 1 saturated carbocycles. The van der Waals surface area contributed by atoms with Gasteiger partial charge >= 0.3 is 12.4 Å². The van der Waals surface area contributed by atoms with Gasteiger partial charge in [-0.05, 0) is 50.7 Å². The van der Waals surface area contributed by atoms with Gasteiger partial charge in [-0.2, -0.15) is 26.3 Å². The summed E-state index contributed by atoms with van der Waals surface area (Å²) in [7, 11) is 0. The highest BCUT2D eigenvalue weighted by atomic mass is 32.1. The summed E-state index contributed by atoms with van der Waals surface area (Å²) in [6, 6.07) is 1.62. The Morgan fingerprint density at radius 2 is 1.76 bits per heavy atom. The third-order valence-corrected chi connectivity index (χ3v) is 8.08. The molecule has 0 radical (unpaired) electrons. The third-order valence-electron chi connectivity index (χ3n) is 7.00. The van der Waals surface area contributed by atoms with E-state index in [4.69, 9.17) is 0 Å². The molecular weight excluding hydrogens is 540 g/mol. The van der Waals surface area contributed by atoms with Crippen LogP contribution in [0.4, 0.5) is 26.3 Å². The van der Waals surface area contributed by atoms with Gasteiger partial charge in [-0.25, -0.2) is 4.98 Å². The number of hydrogen-bond donors (Lipinski definition) is 3. The van der Waals surface area contributed by atoms with Gasteiger partial charge in [0.25, 0.3) is 17.4 Å². The van der Waals surface area contributed by atoms with E-state index in [2.05, 4.69) is 10.3 Å². The molecule has 1 saturated heterocycles. The maximum Gasteiger partial charge on any atom is 0.430 e. The summed E-state index contributed by atoms with van der Waals surface area (Å²) in [4.78, 5) is 32.1. The van der Waals surface area contributed by atoms with Gasteiger partial charge in [0, 0.05) is 24.2 Å². The molecule has 1 aromatic heterocycles. The summed E-state index contributed by atoms with van der Waals surface area (Å²) >= 11 is 0.785. The molecule has 0 bridgehead atoms. The number of carbonyl (C=O) groups is 2. The summed E-state index contributed by atoms with van der Waals surface area (Å²) in [6.45, 7) is 3.51. The maximum atomic E-state index is 13.4. The summed E-state index contributed by atoms with van der Waals surface area (Å²) < 4.78 is 80.3. The fraction of sp³-hybridized carbons (Fsp3) is 0.542. The zero-order valence-corrected chi connectivity index (χ0v) is 21.1. The minimum Gasteiger partial charge on any atom is -0.393 e. The van der Waals surface area contributed by atoms with E-state index in [1.807, 2.05) is 6.92 Å². The zero-order chi connectivity index (χ0) is 28.2. The monoisotopic (exact) mass is 565 g/mol. The van der Waals surface area contributed by atoms with Crippen molar-refractivity contribution in [1.29, 1.82) is 0 Å². The number of halogens is 6. The second kappa shape index (κ2) is 9.79. The molecule has 208 valence electrons. The lowest BCUT2D eigenvalue weighted by atomic mass is 9.89. The van der Waals surface area contributed by atoms with Crippen LogP contribution in [0.1, 0.15) is 64.0 Å². The lowest BCUT2D eigenvalue weighted by Gasteiger charge is -2.33. The fourth-order valence-electron chi connectivity index (χ4n) is 4.70. The number of aliphatic hydroxyl groups excluding tert-OH is 1. The van der Waals surface area contributed by atoms with Crippen LogP contribution in [0.15, 0.2) is 18.2 Å². The Hall–Kier alpha value is -2.71. The molecule has 0 spiro atoms. The number of nitrogens with zero attached hydrogens (tertiary/aromatic N) is 2. The second-order valence-electron chi connectivity index (χ2n) is 9.72. The van der Waals surface area contributed by atoms with Crippen LogP contribution in [0.25, 0.3) is 10.4 Å². The number of carbonyl (C=O) groups excluding carboxylic acids is 2. The summed E-state index contributed by atoms with van der Waals surface area (Å²) in [6.07, 6.45) is -10.4. The van der Waals surface area contributed by atoms with Gasteiger partial charge in [-0.15, -0.1) is 11.3 Å². The molecule has 2 amide bonds. The van der Waals surface area contributed by atoms with Gasteiger partial charge in [0.1, 0.15) is 5.69 Å². The standard InChI is InChI=1S/C24H25F6N3O4S/c1-11-8-13(22(37,23(25,26)27)24(28,29)30)5-6-16(11)18-17(21(36)33-7-3-4-12(33)2)32-20(38-18)19(35)31-14-9-15(34)10-14/h5-6,8,12,14-15,34,37H,3-4,7,9-10H2,1-2H3,(H,31,35)/t12-,14?,15?/m0/s1. The Labute approximate surface area is 217 Å². The molecule has 1 aliphatic carbocycles. The number of nitrogens with one attached hydrogen (secondary N) is 1. The highest BCUT2D eigenvalue weighted by Gasteiger charge is 2.71. The Balaban J connectivity index is 1.77. The number of amides is 2. The smallest absolute Gasteiger partial charge is 0.393 e. The lowest BCUT2D eigenvalue weighted by Crippen LogP contribution is -2.53. The molecule has 1 aliphatic heterocycles.